The van der Waals surface area contributed by atoms with Gasteiger partial charge in [-0.1, -0.05) is 46.3 Å². The highest BCUT2D eigenvalue weighted by Crippen LogP contribution is 2.40. The normalized spacial score (nSPS) is 15.5. The minimum absolute atomic E-state index is 0.0242. The Morgan fingerprint density at radius 1 is 0.897 bits per heavy atom. The van der Waals surface area contributed by atoms with Crippen molar-refractivity contribution >= 4 is 15.9 Å². The quantitative estimate of drug-likeness (QED) is 0.550. The van der Waals surface area contributed by atoms with E-state index in [1.807, 2.05) is 30.3 Å². The SMILES string of the molecule is COc1cc2c(cc1OCc1ccccc1)C(c1cc(Br)ccc1OC)NCC2. The van der Waals surface area contributed by atoms with Gasteiger partial charge in [-0.3, -0.25) is 0 Å². The van der Waals surface area contributed by atoms with Crippen LogP contribution in [0, 0.1) is 0 Å². The first kappa shape index (κ1) is 19.8. The molecule has 4 nitrogen and oxygen atoms in total. The van der Waals surface area contributed by atoms with Gasteiger partial charge >= 0.3 is 0 Å². The van der Waals surface area contributed by atoms with Crippen LogP contribution < -0.4 is 19.5 Å². The third kappa shape index (κ3) is 4.26. The zero-order valence-electron chi connectivity index (χ0n) is 16.6. The van der Waals surface area contributed by atoms with Gasteiger partial charge in [-0.25, -0.2) is 0 Å². The molecule has 0 amide bonds. The fraction of sp³-hybridized carbons (Fsp3) is 0.250. The van der Waals surface area contributed by atoms with Crippen molar-refractivity contribution < 1.29 is 14.2 Å². The molecule has 0 aromatic heterocycles. The highest BCUT2D eigenvalue weighted by atomic mass is 79.9. The van der Waals surface area contributed by atoms with Crippen LogP contribution in [0.15, 0.2) is 65.1 Å². The van der Waals surface area contributed by atoms with Crippen molar-refractivity contribution in [3.8, 4) is 17.2 Å². The minimum atomic E-state index is 0.0242. The van der Waals surface area contributed by atoms with E-state index in [1.54, 1.807) is 14.2 Å². The Hall–Kier alpha value is -2.50. The molecular weight excluding hydrogens is 430 g/mol. The number of methoxy groups -OCH3 is 2. The molecular formula is C24H24BrNO3. The molecule has 1 N–H and O–H groups in total. The lowest BCUT2D eigenvalue weighted by molar-refractivity contribution is 0.283. The Bertz CT molecular complexity index is 991. The average molecular weight is 454 g/mol. The van der Waals surface area contributed by atoms with Crippen molar-refractivity contribution in [2.24, 2.45) is 0 Å². The molecule has 1 aliphatic rings. The standard InChI is InChI=1S/C24H24BrNO3/c1-27-21-9-8-18(25)13-20(21)24-19-14-23(29-15-16-6-4-3-5-7-16)22(28-2)12-17(19)10-11-26-24/h3-9,12-14,24,26H,10-11,15H2,1-2H3. The molecule has 3 aromatic carbocycles. The predicted octanol–water partition coefficient (Wildman–Crippen LogP) is 5.28. The van der Waals surface area contributed by atoms with Gasteiger partial charge in [-0.15, -0.1) is 0 Å². The zero-order chi connectivity index (χ0) is 20.2. The lowest BCUT2D eigenvalue weighted by atomic mass is 9.89. The molecule has 150 valence electrons. The number of hydrogen-bond acceptors (Lipinski definition) is 4. The molecule has 0 aliphatic carbocycles. The summed E-state index contributed by atoms with van der Waals surface area (Å²) in [4.78, 5) is 0. The minimum Gasteiger partial charge on any atom is -0.496 e. The van der Waals surface area contributed by atoms with E-state index in [4.69, 9.17) is 14.2 Å². The maximum atomic E-state index is 6.15. The van der Waals surface area contributed by atoms with Crippen LogP contribution in [-0.2, 0) is 13.0 Å². The molecule has 1 atom stereocenters. The molecule has 29 heavy (non-hydrogen) atoms. The van der Waals surface area contributed by atoms with Crippen LogP contribution >= 0.6 is 15.9 Å². The van der Waals surface area contributed by atoms with Gasteiger partial charge in [0.25, 0.3) is 0 Å². The largest absolute Gasteiger partial charge is 0.496 e. The molecule has 0 saturated heterocycles. The fourth-order valence-electron chi connectivity index (χ4n) is 3.78. The molecule has 0 bridgehead atoms. The summed E-state index contributed by atoms with van der Waals surface area (Å²) < 4.78 is 18.4. The van der Waals surface area contributed by atoms with Crippen LogP contribution in [0.3, 0.4) is 0 Å². The molecule has 4 rings (SSSR count). The number of fused-ring (bicyclic) bond motifs is 1. The van der Waals surface area contributed by atoms with E-state index in [2.05, 4.69) is 51.6 Å². The summed E-state index contributed by atoms with van der Waals surface area (Å²) in [6.45, 7) is 1.38. The van der Waals surface area contributed by atoms with Crippen molar-refractivity contribution in [3.05, 3.63) is 87.4 Å². The monoisotopic (exact) mass is 453 g/mol. The first-order chi connectivity index (χ1) is 14.2. The Morgan fingerprint density at radius 3 is 2.45 bits per heavy atom. The Balaban J connectivity index is 1.72. The van der Waals surface area contributed by atoms with Crippen molar-refractivity contribution in [2.75, 3.05) is 20.8 Å². The van der Waals surface area contributed by atoms with Gasteiger partial charge in [0, 0.05) is 16.6 Å². The van der Waals surface area contributed by atoms with E-state index in [0.717, 1.165) is 45.8 Å². The van der Waals surface area contributed by atoms with Crippen LogP contribution in [0.4, 0.5) is 0 Å². The Morgan fingerprint density at radius 2 is 1.69 bits per heavy atom. The van der Waals surface area contributed by atoms with E-state index >= 15 is 0 Å². The molecule has 3 aromatic rings. The highest BCUT2D eigenvalue weighted by molar-refractivity contribution is 9.10. The van der Waals surface area contributed by atoms with Crippen LogP contribution in [0.25, 0.3) is 0 Å². The van der Waals surface area contributed by atoms with Crippen LogP contribution in [0.5, 0.6) is 17.2 Å². The van der Waals surface area contributed by atoms with Crippen molar-refractivity contribution in [2.45, 2.75) is 19.1 Å². The number of rotatable bonds is 6. The first-order valence-corrected chi connectivity index (χ1v) is 10.4. The maximum absolute atomic E-state index is 6.15. The molecule has 0 spiro atoms. The van der Waals surface area contributed by atoms with E-state index in [9.17, 15) is 0 Å². The summed E-state index contributed by atoms with van der Waals surface area (Å²) in [6.07, 6.45) is 0.942. The Labute approximate surface area is 179 Å². The number of ether oxygens (including phenoxy) is 3. The van der Waals surface area contributed by atoms with Gasteiger partial charge in [0.05, 0.1) is 20.3 Å². The third-order valence-electron chi connectivity index (χ3n) is 5.22. The third-order valence-corrected chi connectivity index (χ3v) is 5.71. The second kappa shape index (κ2) is 8.89. The average Bonchev–Trinajstić information content (AvgIpc) is 2.77. The zero-order valence-corrected chi connectivity index (χ0v) is 18.2. The van der Waals surface area contributed by atoms with E-state index < -0.39 is 0 Å². The van der Waals surface area contributed by atoms with Gasteiger partial charge in [-0.05, 0) is 53.4 Å². The smallest absolute Gasteiger partial charge is 0.162 e. The van der Waals surface area contributed by atoms with Crippen molar-refractivity contribution in [1.82, 2.24) is 5.32 Å². The second-order valence-electron chi connectivity index (χ2n) is 7.00. The predicted molar refractivity (Wildman–Crippen MR) is 118 cm³/mol. The number of benzene rings is 3. The second-order valence-corrected chi connectivity index (χ2v) is 7.92. The summed E-state index contributed by atoms with van der Waals surface area (Å²) in [6, 6.07) is 20.5. The van der Waals surface area contributed by atoms with Crippen LogP contribution in [-0.4, -0.2) is 20.8 Å². The maximum Gasteiger partial charge on any atom is 0.162 e. The van der Waals surface area contributed by atoms with Crippen molar-refractivity contribution in [1.29, 1.82) is 0 Å². The summed E-state index contributed by atoms with van der Waals surface area (Å²) >= 11 is 3.59. The van der Waals surface area contributed by atoms with Gasteiger partial charge in [0.1, 0.15) is 12.4 Å². The molecule has 0 radical (unpaired) electrons. The number of halogens is 1. The summed E-state index contributed by atoms with van der Waals surface area (Å²) in [5.41, 5.74) is 4.67. The summed E-state index contributed by atoms with van der Waals surface area (Å²) in [7, 11) is 3.39. The lowest BCUT2D eigenvalue weighted by Gasteiger charge is -2.29. The molecule has 1 aliphatic heterocycles. The lowest BCUT2D eigenvalue weighted by Crippen LogP contribution is -2.31. The van der Waals surface area contributed by atoms with E-state index in [0.29, 0.717) is 6.61 Å². The summed E-state index contributed by atoms with van der Waals surface area (Å²) in [5, 5.41) is 3.63. The van der Waals surface area contributed by atoms with Crippen molar-refractivity contribution in [3.63, 3.8) is 0 Å². The van der Waals surface area contributed by atoms with E-state index in [-0.39, 0.29) is 6.04 Å². The Kier molecular flexibility index (Phi) is 6.07. The topological polar surface area (TPSA) is 39.7 Å². The fourth-order valence-corrected chi connectivity index (χ4v) is 4.16. The number of hydrogen-bond donors (Lipinski definition) is 1. The molecule has 0 saturated carbocycles. The highest BCUT2D eigenvalue weighted by Gasteiger charge is 2.26. The molecule has 1 heterocycles. The van der Waals surface area contributed by atoms with E-state index in [1.165, 1.54) is 11.1 Å². The number of nitrogens with one attached hydrogen (secondary N) is 1. The van der Waals surface area contributed by atoms with Gasteiger partial charge < -0.3 is 19.5 Å². The molecule has 5 heteroatoms. The molecule has 1 unspecified atom stereocenters. The van der Waals surface area contributed by atoms with Gasteiger partial charge in [-0.2, -0.15) is 0 Å². The van der Waals surface area contributed by atoms with Gasteiger partial charge in [0.2, 0.25) is 0 Å². The summed E-state index contributed by atoms with van der Waals surface area (Å²) in [5.74, 6) is 2.38. The molecule has 0 fully saturated rings. The van der Waals surface area contributed by atoms with Crippen LogP contribution in [0.2, 0.25) is 0 Å². The first-order valence-electron chi connectivity index (χ1n) is 9.64. The van der Waals surface area contributed by atoms with Gasteiger partial charge in [0.15, 0.2) is 11.5 Å². The van der Waals surface area contributed by atoms with Crippen LogP contribution in [0.1, 0.15) is 28.3 Å².